The van der Waals surface area contributed by atoms with E-state index in [1.807, 2.05) is 24.3 Å². The van der Waals surface area contributed by atoms with Crippen LogP contribution in [0.4, 0.5) is 0 Å². The molecule has 0 N–H and O–H groups in total. The summed E-state index contributed by atoms with van der Waals surface area (Å²) in [7, 11) is 3.27. The van der Waals surface area contributed by atoms with Gasteiger partial charge in [0, 0.05) is 10.4 Å². The average Bonchev–Trinajstić information content (AvgIpc) is 2.84. The van der Waals surface area contributed by atoms with E-state index in [4.69, 9.17) is 21.1 Å². The SMILES string of the molecule is COc1ccc(C(Br)c2ccc(Cl)s2)c(OC)c1Br. The zero-order valence-electron chi connectivity index (χ0n) is 10.2. The first-order valence-electron chi connectivity index (χ1n) is 5.38. The number of hydrogen-bond acceptors (Lipinski definition) is 3. The molecule has 0 aliphatic heterocycles. The van der Waals surface area contributed by atoms with Crippen LogP contribution in [-0.4, -0.2) is 14.2 Å². The van der Waals surface area contributed by atoms with Crippen LogP contribution in [0.3, 0.4) is 0 Å². The smallest absolute Gasteiger partial charge is 0.141 e. The molecule has 6 heteroatoms. The van der Waals surface area contributed by atoms with E-state index < -0.39 is 0 Å². The van der Waals surface area contributed by atoms with Crippen LogP contribution < -0.4 is 9.47 Å². The van der Waals surface area contributed by atoms with Crippen molar-refractivity contribution >= 4 is 54.8 Å². The molecule has 19 heavy (non-hydrogen) atoms. The van der Waals surface area contributed by atoms with Gasteiger partial charge in [-0.3, -0.25) is 0 Å². The molecule has 0 bridgehead atoms. The highest BCUT2D eigenvalue weighted by Gasteiger charge is 2.21. The van der Waals surface area contributed by atoms with Gasteiger partial charge in [0.25, 0.3) is 0 Å². The Morgan fingerprint density at radius 2 is 1.89 bits per heavy atom. The average molecular weight is 427 g/mol. The van der Waals surface area contributed by atoms with Crippen LogP contribution in [0.2, 0.25) is 4.34 Å². The molecule has 1 aromatic carbocycles. The lowest BCUT2D eigenvalue weighted by molar-refractivity contribution is 0.387. The van der Waals surface area contributed by atoms with Crippen molar-refractivity contribution in [3.8, 4) is 11.5 Å². The molecule has 2 nitrogen and oxygen atoms in total. The molecule has 0 saturated carbocycles. The highest BCUT2D eigenvalue weighted by atomic mass is 79.9. The van der Waals surface area contributed by atoms with Crippen molar-refractivity contribution in [2.24, 2.45) is 0 Å². The second kappa shape index (κ2) is 6.48. The first-order chi connectivity index (χ1) is 9.08. The Labute approximate surface area is 137 Å². The molecule has 1 atom stereocenters. The van der Waals surface area contributed by atoms with E-state index in [1.54, 1.807) is 25.6 Å². The fourth-order valence-corrected chi connectivity index (χ4v) is 4.27. The third-order valence-corrected chi connectivity index (χ3v) is 5.97. The molecule has 0 aliphatic carbocycles. The van der Waals surface area contributed by atoms with Crippen LogP contribution >= 0.6 is 54.8 Å². The van der Waals surface area contributed by atoms with E-state index in [0.717, 1.165) is 30.7 Å². The van der Waals surface area contributed by atoms with Crippen LogP contribution in [0.1, 0.15) is 15.3 Å². The molecule has 102 valence electrons. The molecule has 0 fully saturated rings. The summed E-state index contributed by atoms with van der Waals surface area (Å²) in [6.45, 7) is 0. The van der Waals surface area contributed by atoms with Crippen molar-refractivity contribution in [1.29, 1.82) is 0 Å². The van der Waals surface area contributed by atoms with E-state index in [9.17, 15) is 0 Å². The molecule has 0 spiro atoms. The molecule has 2 aromatic rings. The normalized spacial score (nSPS) is 12.3. The van der Waals surface area contributed by atoms with E-state index in [1.165, 1.54) is 0 Å². The first kappa shape index (κ1) is 15.2. The van der Waals surface area contributed by atoms with Crippen molar-refractivity contribution in [2.45, 2.75) is 4.83 Å². The second-order valence-electron chi connectivity index (χ2n) is 3.71. The number of hydrogen-bond donors (Lipinski definition) is 0. The number of halogens is 3. The highest BCUT2D eigenvalue weighted by molar-refractivity contribution is 9.10. The van der Waals surface area contributed by atoms with Gasteiger partial charge < -0.3 is 9.47 Å². The van der Waals surface area contributed by atoms with Gasteiger partial charge in [-0.15, -0.1) is 11.3 Å². The van der Waals surface area contributed by atoms with Crippen LogP contribution in [-0.2, 0) is 0 Å². The minimum atomic E-state index is 0.0298. The number of rotatable bonds is 4. The minimum Gasteiger partial charge on any atom is -0.495 e. The Morgan fingerprint density at radius 1 is 1.16 bits per heavy atom. The number of methoxy groups -OCH3 is 2. The van der Waals surface area contributed by atoms with Gasteiger partial charge in [0.05, 0.1) is 23.4 Å². The number of thiophene rings is 1. The summed E-state index contributed by atoms with van der Waals surface area (Å²) in [5.74, 6) is 1.50. The third kappa shape index (κ3) is 3.10. The number of alkyl halides is 1. The standard InChI is InChI=1S/C13H11Br2ClO2S/c1-17-8-4-3-7(13(18-2)12(8)15)11(14)9-5-6-10(16)19-9/h3-6,11H,1-2H3. The zero-order chi connectivity index (χ0) is 14.0. The second-order valence-corrected chi connectivity index (χ2v) is 7.16. The van der Waals surface area contributed by atoms with E-state index in [0.29, 0.717) is 0 Å². The van der Waals surface area contributed by atoms with Gasteiger partial charge in [-0.05, 0) is 34.1 Å². The van der Waals surface area contributed by atoms with Crippen LogP contribution in [0.15, 0.2) is 28.7 Å². The predicted molar refractivity (Wildman–Crippen MR) is 87.3 cm³/mol. The molecule has 1 unspecified atom stereocenters. The highest BCUT2D eigenvalue weighted by Crippen LogP contribution is 2.45. The summed E-state index contributed by atoms with van der Waals surface area (Å²) < 4.78 is 12.3. The minimum absolute atomic E-state index is 0.0298. The monoisotopic (exact) mass is 424 g/mol. The van der Waals surface area contributed by atoms with Gasteiger partial charge in [-0.1, -0.05) is 33.6 Å². The van der Waals surface area contributed by atoms with Crippen molar-refractivity contribution in [3.63, 3.8) is 0 Å². The van der Waals surface area contributed by atoms with Gasteiger partial charge in [0.1, 0.15) is 16.0 Å². The van der Waals surface area contributed by atoms with Crippen molar-refractivity contribution in [3.05, 3.63) is 43.5 Å². The van der Waals surface area contributed by atoms with Gasteiger partial charge in [-0.2, -0.15) is 0 Å². The largest absolute Gasteiger partial charge is 0.495 e. The van der Waals surface area contributed by atoms with Crippen LogP contribution in [0, 0.1) is 0 Å². The maximum atomic E-state index is 5.98. The Morgan fingerprint density at radius 3 is 2.42 bits per heavy atom. The summed E-state index contributed by atoms with van der Waals surface area (Å²) in [5, 5.41) is 0. The summed E-state index contributed by atoms with van der Waals surface area (Å²) in [6.07, 6.45) is 0. The van der Waals surface area contributed by atoms with Gasteiger partial charge in [0.2, 0.25) is 0 Å². The molecular weight excluding hydrogens is 415 g/mol. The summed E-state index contributed by atoms with van der Waals surface area (Å²) >= 11 is 14.7. The molecule has 1 heterocycles. The van der Waals surface area contributed by atoms with Crippen molar-refractivity contribution in [2.75, 3.05) is 14.2 Å². The zero-order valence-corrected chi connectivity index (χ0v) is 15.0. The van der Waals surface area contributed by atoms with Gasteiger partial charge in [-0.25, -0.2) is 0 Å². The Bertz CT molecular complexity index is 586. The maximum Gasteiger partial charge on any atom is 0.141 e. The van der Waals surface area contributed by atoms with Crippen molar-refractivity contribution < 1.29 is 9.47 Å². The molecule has 2 rings (SSSR count). The van der Waals surface area contributed by atoms with Crippen molar-refractivity contribution in [1.82, 2.24) is 0 Å². The maximum absolute atomic E-state index is 5.98. The first-order valence-corrected chi connectivity index (χ1v) is 8.28. The summed E-state index contributed by atoms with van der Waals surface area (Å²) in [4.78, 5) is 1.16. The summed E-state index contributed by atoms with van der Waals surface area (Å²) in [6, 6.07) is 7.78. The fourth-order valence-electron chi connectivity index (χ4n) is 1.74. The van der Waals surface area contributed by atoms with Gasteiger partial charge >= 0.3 is 0 Å². The third-order valence-electron chi connectivity index (χ3n) is 2.63. The molecule has 1 aromatic heterocycles. The lowest BCUT2D eigenvalue weighted by Crippen LogP contribution is -1.98. The van der Waals surface area contributed by atoms with E-state index >= 15 is 0 Å². The lowest BCUT2D eigenvalue weighted by Gasteiger charge is -2.16. The molecular formula is C13H11Br2ClO2S. The topological polar surface area (TPSA) is 18.5 Å². The fraction of sp³-hybridized carbons (Fsp3) is 0.231. The summed E-state index contributed by atoms with van der Waals surface area (Å²) in [5.41, 5.74) is 1.02. The van der Waals surface area contributed by atoms with E-state index in [2.05, 4.69) is 31.9 Å². The Kier molecular flexibility index (Phi) is 5.17. The Hall–Kier alpha value is -0.230. The van der Waals surface area contributed by atoms with Crippen LogP contribution in [0.25, 0.3) is 0 Å². The number of benzene rings is 1. The quantitative estimate of drug-likeness (QED) is 0.587. The number of ether oxygens (including phenoxy) is 2. The molecule has 0 aliphatic rings. The Balaban J connectivity index is 2.47. The molecule has 0 radical (unpaired) electrons. The molecule has 0 amide bonds. The molecule has 0 saturated heterocycles. The van der Waals surface area contributed by atoms with Gasteiger partial charge in [0.15, 0.2) is 0 Å². The lowest BCUT2D eigenvalue weighted by atomic mass is 10.1. The van der Waals surface area contributed by atoms with Crippen LogP contribution in [0.5, 0.6) is 11.5 Å². The van der Waals surface area contributed by atoms with E-state index in [-0.39, 0.29) is 4.83 Å². The predicted octanol–water partition coefficient (Wildman–Crippen LogP) is 5.67.